The first-order chi connectivity index (χ1) is 8.13. The fourth-order valence-corrected chi connectivity index (χ4v) is 3.92. The summed E-state index contributed by atoms with van der Waals surface area (Å²) in [6, 6.07) is 2.82. The second-order valence-corrected chi connectivity index (χ2v) is 6.70. The van der Waals surface area contributed by atoms with Crippen LogP contribution in [0.3, 0.4) is 0 Å². The van der Waals surface area contributed by atoms with Crippen molar-refractivity contribution in [1.29, 1.82) is 0 Å². The van der Waals surface area contributed by atoms with E-state index in [1.807, 2.05) is 11.3 Å². The van der Waals surface area contributed by atoms with Crippen LogP contribution in [0.2, 0.25) is 0 Å². The fourth-order valence-electron chi connectivity index (χ4n) is 2.19. The molecule has 0 saturated carbocycles. The number of rotatable bonds is 7. The lowest BCUT2D eigenvalue weighted by Gasteiger charge is -2.25. The summed E-state index contributed by atoms with van der Waals surface area (Å²) < 4.78 is 1.26. The maximum absolute atomic E-state index is 3.72. The monoisotopic (exact) mass is 317 g/mol. The van der Waals surface area contributed by atoms with E-state index < -0.39 is 0 Å². The lowest BCUT2D eigenvalue weighted by molar-refractivity contribution is 0.346. The van der Waals surface area contributed by atoms with Crippen molar-refractivity contribution < 1.29 is 0 Å². The minimum Gasteiger partial charge on any atom is -0.309 e. The zero-order chi connectivity index (χ0) is 12.8. The lowest BCUT2D eigenvalue weighted by Crippen LogP contribution is -2.27. The Kier molecular flexibility index (Phi) is 6.75. The van der Waals surface area contributed by atoms with Crippen molar-refractivity contribution in [3.8, 4) is 0 Å². The molecule has 0 aliphatic heterocycles. The molecule has 0 amide bonds. The number of hydrogen-bond acceptors (Lipinski definition) is 2. The van der Waals surface area contributed by atoms with E-state index in [0.29, 0.717) is 6.04 Å². The highest BCUT2D eigenvalue weighted by atomic mass is 79.9. The van der Waals surface area contributed by atoms with Gasteiger partial charge in [-0.15, -0.1) is 11.3 Å². The van der Waals surface area contributed by atoms with Gasteiger partial charge < -0.3 is 5.32 Å². The predicted molar refractivity (Wildman–Crippen MR) is 81.9 cm³/mol. The van der Waals surface area contributed by atoms with Crippen molar-refractivity contribution in [3.63, 3.8) is 0 Å². The number of hydrogen-bond donors (Lipinski definition) is 1. The average Bonchev–Trinajstić information content (AvgIpc) is 2.65. The Morgan fingerprint density at radius 1 is 1.29 bits per heavy atom. The highest BCUT2D eigenvalue weighted by Crippen LogP contribution is 2.36. The first kappa shape index (κ1) is 15.2. The van der Waals surface area contributed by atoms with E-state index in [1.165, 1.54) is 33.5 Å². The third kappa shape index (κ3) is 4.08. The van der Waals surface area contributed by atoms with Crippen LogP contribution in [0, 0.1) is 12.8 Å². The van der Waals surface area contributed by atoms with Crippen molar-refractivity contribution in [3.05, 3.63) is 20.3 Å². The summed E-state index contributed by atoms with van der Waals surface area (Å²) in [4.78, 5) is 2.87. The zero-order valence-corrected chi connectivity index (χ0v) is 13.7. The molecule has 0 saturated heterocycles. The van der Waals surface area contributed by atoms with Crippen LogP contribution in [0.4, 0.5) is 0 Å². The molecule has 0 bridgehead atoms. The van der Waals surface area contributed by atoms with Crippen LogP contribution in [0.1, 0.15) is 55.8 Å². The summed E-state index contributed by atoms with van der Waals surface area (Å²) in [5.74, 6) is 0.742. The Morgan fingerprint density at radius 2 is 1.94 bits per heavy atom. The van der Waals surface area contributed by atoms with E-state index in [9.17, 15) is 0 Å². The first-order valence-electron chi connectivity index (χ1n) is 6.63. The third-order valence-corrected chi connectivity index (χ3v) is 5.54. The largest absolute Gasteiger partial charge is 0.309 e. The molecule has 3 heteroatoms. The average molecular weight is 318 g/mol. The minimum atomic E-state index is 0.528. The van der Waals surface area contributed by atoms with Crippen LogP contribution in [-0.2, 0) is 0 Å². The molecule has 17 heavy (non-hydrogen) atoms. The van der Waals surface area contributed by atoms with Gasteiger partial charge in [-0.25, -0.2) is 0 Å². The van der Waals surface area contributed by atoms with Gasteiger partial charge in [-0.2, -0.15) is 0 Å². The minimum absolute atomic E-state index is 0.528. The van der Waals surface area contributed by atoms with Gasteiger partial charge in [-0.05, 0) is 47.8 Å². The number of nitrogens with one attached hydrogen (secondary N) is 1. The van der Waals surface area contributed by atoms with Crippen molar-refractivity contribution in [2.75, 3.05) is 6.54 Å². The third-order valence-electron chi connectivity index (χ3n) is 3.32. The Morgan fingerprint density at radius 3 is 2.35 bits per heavy atom. The highest BCUT2D eigenvalue weighted by Gasteiger charge is 2.21. The molecule has 0 aliphatic carbocycles. The molecule has 1 unspecified atom stereocenters. The normalized spacial score (nSPS) is 13.3. The van der Waals surface area contributed by atoms with E-state index in [-0.39, 0.29) is 0 Å². The number of aryl methyl sites for hydroxylation is 1. The van der Waals surface area contributed by atoms with E-state index >= 15 is 0 Å². The Labute approximate surface area is 118 Å². The number of thiophene rings is 1. The van der Waals surface area contributed by atoms with Gasteiger partial charge in [0.2, 0.25) is 0 Å². The molecule has 1 N–H and O–H groups in total. The van der Waals surface area contributed by atoms with Crippen LogP contribution >= 0.6 is 27.3 Å². The zero-order valence-electron chi connectivity index (χ0n) is 11.3. The fraction of sp³-hybridized carbons (Fsp3) is 0.714. The highest BCUT2D eigenvalue weighted by molar-refractivity contribution is 9.10. The lowest BCUT2D eigenvalue weighted by atomic mass is 9.93. The Balaban J connectivity index is 2.88. The molecule has 0 fully saturated rings. The van der Waals surface area contributed by atoms with Gasteiger partial charge in [0, 0.05) is 20.3 Å². The van der Waals surface area contributed by atoms with Gasteiger partial charge in [0.25, 0.3) is 0 Å². The first-order valence-corrected chi connectivity index (χ1v) is 8.24. The molecule has 0 spiro atoms. The van der Waals surface area contributed by atoms with Crippen LogP contribution in [-0.4, -0.2) is 6.54 Å². The molecule has 0 aliphatic rings. The number of halogens is 1. The smallest absolute Gasteiger partial charge is 0.0443 e. The van der Waals surface area contributed by atoms with Gasteiger partial charge in [0.15, 0.2) is 0 Å². The summed E-state index contributed by atoms with van der Waals surface area (Å²) in [6.07, 6.45) is 3.68. The van der Waals surface area contributed by atoms with Gasteiger partial charge >= 0.3 is 0 Å². The van der Waals surface area contributed by atoms with Crippen molar-refractivity contribution in [2.24, 2.45) is 5.92 Å². The van der Waals surface area contributed by atoms with E-state index in [4.69, 9.17) is 0 Å². The van der Waals surface area contributed by atoms with Crippen LogP contribution in [0.15, 0.2) is 10.5 Å². The molecule has 0 radical (unpaired) electrons. The van der Waals surface area contributed by atoms with Crippen molar-refractivity contribution in [2.45, 2.75) is 53.0 Å². The second-order valence-electron chi connectivity index (χ2n) is 4.56. The molecule has 98 valence electrons. The SMILES string of the molecule is CCCNC(c1cc(Br)c(C)s1)C(CC)CC. The van der Waals surface area contributed by atoms with E-state index in [1.54, 1.807) is 0 Å². The maximum Gasteiger partial charge on any atom is 0.0443 e. The molecule has 1 aromatic rings. The summed E-state index contributed by atoms with van der Waals surface area (Å²) >= 11 is 5.55. The topological polar surface area (TPSA) is 12.0 Å². The molecular formula is C14H24BrNS. The van der Waals surface area contributed by atoms with Crippen LogP contribution in [0.5, 0.6) is 0 Å². The molecule has 1 heterocycles. The summed E-state index contributed by atoms with van der Waals surface area (Å²) in [7, 11) is 0. The molecule has 1 atom stereocenters. The van der Waals surface area contributed by atoms with Gasteiger partial charge in [0.1, 0.15) is 0 Å². The second kappa shape index (κ2) is 7.55. The molecule has 0 aromatic carbocycles. The molecule has 1 rings (SSSR count). The molecule has 1 aromatic heterocycles. The van der Waals surface area contributed by atoms with E-state index in [2.05, 4.69) is 55.0 Å². The van der Waals surface area contributed by atoms with Crippen molar-refractivity contribution >= 4 is 27.3 Å². The van der Waals surface area contributed by atoms with E-state index in [0.717, 1.165) is 12.5 Å². The molecule has 1 nitrogen and oxygen atoms in total. The Hall–Kier alpha value is 0.140. The van der Waals surface area contributed by atoms with Gasteiger partial charge in [-0.1, -0.05) is 33.6 Å². The van der Waals surface area contributed by atoms with Crippen LogP contribution < -0.4 is 5.32 Å². The summed E-state index contributed by atoms with van der Waals surface area (Å²) in [6.45, 7) is 10.1. The quantitative estimate of drug-likeness (QED) is 0.720. The maximum atomic E-state index is 3.72. The molecular weight excluding hydrogens is 294 g/mol. The standard InChI is InChI=1S/C14H24BrNS/c1-5-8-16-14(11(6-2)7-3)13-9-12(15)10(4)17-13/h9,11,14,16H,5-8H2,1-4H3. The Bertz CT molecular complexity index is 311. The van der Waals surface area contributed by atoms with Gasteiger partial charge in [0.05, 0.1) is 0 Å². The predicted octanol–water partition coefficient (Wildman–Crippen LogP) is 5.30. The van der Waals surface area contributed by atoms with Gasteiger partial charge in [-0.3, -0.25) is 0 Å². The summed E-state index contributed by atoms with van der Waals surface area (Å²) in [5, 5.41) is 3.72. The van der Waals surface area contributed by atoms with Crippen molar-refractivity contribution in [1.82, 2.24) is 5.32 Å². The summed E-state index contributed by atoms with van der Waals surface area (Å²) in [5.41, 5.74) is 0. The van der Waals surface area contributed by atoms with Crippen LogP contribution in [0.25, 0.3) is 0 Å².